The predicted octanol–water partition coefficient (Wildman–Crippen LogP) is 4.90. The van der Waals surface area contributed by atoms with Gasteiger partial charge in [-0.2, -0.15) is 13.2 Å². The van der Waals surface area contributed by atoms with Crippen molar-refractivity contribution in [3.63, 3.8) is 0 Å². The van der Waals surface area contributed by atoms with Crippen molar-refractivity contribution < 1.29 is 27.1 Å². The van der Waals surface area contributed by atoms with E-state index < -0.39 is 23.5 Å². The second kappa shape index (κ2) is 11.0. The van der Waals surface area contributed by atoms with E-state index in [9.17, 15) is 22.4 Å². The molecule has 5 nitrogen and oxygen atoms in total. The minimum absolute atomic E-state index is 0.143. The molecule has 2 unspecified atom stereocenters. The summed E-state index contributed by atoms with van der Waals surface area (Å²) < 4.78 is 59.8. The Balaban J connectivity index is 1.33. The van der Waals surface area contributed by atoms with E-state index in [2.05, 4.69) is 15.1 Å². The Morgan fingerprint density at radius 3 is 2.58 bits per heavy atom. The van der Waals surface area contributed by atoms with Crippen molar-refractivity contribution in [2.75, 3.05) is 37.7 Å². The maximum atomic E-state index is 13.6. The van der Waals surface area contributed by atoms with Crippen LogP contribution >= 0.6 is 0 Å². The minimum Gasteiger partial charge on any atom is -0.492 e. The van der Waals surface area contributed by atoms with Crippen LogP contribution in [-0.4, -0.2) is 49.6 Å². The first-order chi connectivity index (χ1) is 18.3. The zero-order valence-corrected chi connectivity index (χ0v) is 20.8. The number of rotatable bonds is 7. The van der Waals surface area contributed by atoms with Gasteiger partial charge in [0.25, 0.3) is 0 Å². The highest BCUT2D eigenvalue weighted by Gasteiger charge is 2.42. The van der Waals surface area contributed by atoms with Gasteiger partial charge in [-0.1, -0.05) is 30.3 Å². The van der Waals surface area contributed by atoms with Gasteiger partial charge in [0.15, 0.2) is 0 Å². The molecule has 2 heterocycles. The first-order valence-electron chi connectivity index (χ1n) is 12.7. The summed E-state index contributed by atoms with van der Waals surface area (Å²) in [5.74, 6) is -0.422. The Kier molecular flexibility index (Phi) is 7.56. The van der Waals surface area contributed by atoms with E-state index in [1.54, 1.807) is 12.1 Å². The third-order valence-electron chi connectivity index (χ3n) is 7.24. The quantitative estimate of drug-likeness (QED) is 0.444. The van der Waals surface area contributed by atoms with Crippen LogP contribution in [0.15, 0.2) is 72.8 Å². The summed E-state index contributed by atoms with van der Waals surface area (Å²) in [7, 11) is 0. The van der Waals surface area contributed by atoms with E-state index in [0.717, 1.165) is 17.5 Å². The van der Waals surface area contributed by atoms with Crippen LogP contribution in [-0.2, 0) is 23.9 Å². The fourth-order valence-electron chi connectivity index (χ4n) is 5.34. The molecule has 2 atom stereocenters. The summed E-state index contributed by atoms with van der Waals surface area (Å²) in [6.07, 6.45) is -4.26. The van der Waals surface area contributed by atoms with Gasteiger partial charge in [-0.3, -0.25) is 9.69 Å². The lowest BCUT2D eigenvalue weighted by atomic mass is 9.82. The summed E-state index contributed by atoms with van der Waals surface area (Å²) in [5, 5.41) is 2.89. The summed E-state index contributed by atoms with van der Waals surface area (Å²) >= 11 is 0. The highest BCUT2D eigenvalue weighted by Crippen LogP contribution is 2.39. The number of piperazine rings is 1. The Bertz CT molecular complexity index is 1270. The van der Waals surface area contributed by atoms with Gasteiger partial charge < -0.3 is 15.0 Å². The number of carbonyl (C=O) groups is 1. The second-order valence-electron chi connectivity index (χ2n) is 9.72. The standard InChI is InChI=1S/C29H29F4N3O2/c30-23-6-4-5-20(15-23)18-34-28(37)25-17-21-16-22(29(31,32)33)9-10-26(21)36-12-11-35(19-27(25)36)13-14-38-24-7-2-1-3-8-24/h1-10,15-16,25,27H,11-14,17-19H2,(H,34,37). The topological polar surface area (TPSA) is 44.8 Å². The number of hydrogen-bond donors (Lipinski definition) is 1. The molecule has 200 valence electrons. The van der Waals surface area contributed by atoms with Crippen molar-refractivity contribution >= 4 is 11.6 Å². The first kappa shape index (κ1) is 26.0. The average molecular weight is 528 g/mol. The Labute approximate surface area is 219 Å². The number of anilines is 1. The highest BCUT2D eigenvalue weighted by atomic mass is 19.4. The molecule has 2 aliphatic rings. The monoisotopic (exact) mass is 527 g/mol. The summed E-state index contributed by atoms with van der Waals surface area (Å²) in [5.41, 5.74) is 1.17. The fourth-order valence-corrected chi connectivity index (χ4v) is 5.34. The van der Waals surface area contributed by atoms with Gasteiger partial charge in [0.05, 0.1) is 17.5 Å². The third kappa shape index (κ3) is 5.93. The van der Waals surface area contributed by atoms with Crippen molar-refractivity contribution in [1.29, 1.82) is 0 Å². The maximum Gasteiger partial charge on any atom is 0.416 e. The molecular weight excluding hydrogens is 498 g/mol. The van der Waals surface area contributed by atoms with Crippen LogP contribution in [0.25, 0.3) is 0 Å². The molecule has 0 saturated carbocycles. The van der Waals surface area contributed by atoms with Crippen LogP contribution in [0.3, 0.4) is 0 Å². The molecular formula is C29H29F4N3O2. The van der Waals surface area contributed by atoms with Gasteiger partial charge in [-0.05, 0) is 60.0 Å². The molecule has 0 bridgehead atoms. The second-order valence-corrected chi connectivity index (χ2v) is 9.72. The number of fused-ring (bicyclic) bond motifs is 3. The maximum absolute atomic E-state index is 13.6. The van der Waals surface area contributed by atoms with Crippen LogP contribution in [0.1, 0.15) is 16.7 Å². The molecule has 2 aliphatic heterocycles. The molecule has 0 aromatic heterocycles. The minimum atomic E-state index is -4.46. The van der Waals surface area contributed by atoms with E-state index in [-0.39, 0.29) is 24.9 Å². The van der Waals surface area contributed by atoms with Crippen LogP contribution in [0.4, 0.5) is 23.2 Å². The number of carbonyl (C=O) groups excluding carboxylic acids is 1. The SMILES string of the molecule is O=C(NCc1cccc(F)c1)C1Cc2cc(C(F)(F)F)ccc2N2CCN(CCOc3ccccc3)CC12. The molecule has 1 amide bonds. The molecule has 1 fully saturated rings. The normalized spacial score (nSPS) is 19.4. The number of amides is 1. The number of benzene rings is 3. The smallest absolute Gasteiger partial charge is 0.416 e. The fraction of sp³-hybridized carbons (Fsp3) is 0.345. The molecule has 38 heavy (non-hydrogen) atoms. The highest BCUT2D eigenvalue weighted by molar-refractivity contribution is 5.82. The summed E-state index contributed by atoms with van der Waals surface area (Å²) in [4.78, 5) is 17.7. The van der Waals surface area contributed by atoms with Gasteiger partial charge in [-0.25, -0.2) is 4.39 Å². The average Bonchev–Trinajstić information content (AvgIpc) is 2.91. The van der Waals surface area contributed by atoms with E-state index in [4.69, 9.17) is 4.74 Å². The first-order valence-corrected chi connectivity index (χ1v) is 12.7. The number of hydrogen-bond acceptors (Lipinski definition) is 4. The van der Waals surface area contributed by atoms with Gasteiger partial charge in [-0.15, -0.1) is 0 Å². The van der Waals surface area contributed by atoms with Crippen LogP contribution < -0.4 is 15.0 Å². The lowest BCUT2D eigenvalue weighted by Crippen LogP contribution is -2.61. The number of halogens is 4. The van der Waals surface area contributed by atoms with E-state index in [1.807, 2.05) is 30.3 Å². The molecule has 1 saturated heterocycles. The molecule has 1 N–H and O–H groups in total. The zero-order chi connectivity index (χ0) is 26.7. The number of alkyl halides is 3. The van der Waals surface area contributed by atoms with E-state index in [0.29, 0.717) is 43.9 Å². The number of para-hydroxylation sites is 1. The molecule has 9 heteroatoms. The van der Waals surface area contributed by atoms with E-state index >= 15 is 0 Å². The Hall–Kier alpha value is -3.59. The van der Waals surface area contributed by atoms with Crippen molar-refractivity contribution in [3.8, 4) is 5.75 Å². The Morgan fingerprint density at radius 1 is 1.00 bits per heavy atom. The van der Waals surface area contributed by atoms with Crippen molar-refractivity contribution in [2.24, 2.45) is 5.92 Å². The summed E-state index contributed by atoms with van der Waals surface area (Å²) in [6, 6.07) is 19.1. The zero-order valence-electron chi connectivity index (χ0n) is 20.8. The van der Waals surface area contributed by atoms with Gasteiger partial charge in [0.1, 0.15) is 18.2 Å². The van der Waals surface area contributed by atoms with Gasteiger partial charge in [0.2, 0.25) is 5.91 Å². The van der Waals surface area contributed by atoms with E-state index in [1.165, 1.54) is 24.3 Å². The molecule has 3 aromatic rings. The molecule has 0 aliphatic carbocycles. The van der Waals surface area contributed by atoms with Gasteiger partial charge >= 0.3 is 6.18 Å². The molecule has 5 rings (SSSR count). The predicted molar refractivity (Wildman–Crippen MR) is 136 cm³/mol. The van der Waals surface area contributed by atoms with Crippen LogP contribution in [0.2, 0.25) is 0 Å². The van der Waals surface area contributed by atoms with Crippen molar-refractivity contribution in [3.05, 3.63) is 95.3 Å². The van der Waals surface area contributed by atoms with Crippen LogP contribution in [0, 0.1) is 11.7 Å². The lowest BCUT2D eigenvalue weighted by molar-refractivity contribution is -0.137. The van der Waals surface area contributed by atoms with Crippen LogP contribution in [0.5, 0.6) is 5.75 Å². The van der Waals surface area contributed by atoms with Crippen molar-refractivity contribution in [2.45, 2.75) is 25.2 Å². The molecule has 0 radical (unpaired) electrons. The lowest BCUT2D eigenvalue weighted by Gasteiger charge is -2.49. The van der Waals surface area contributed by atoms with Gasteiger partial charge in [0, 0.05) is 38.4 Å². The Morgan fingerprint density at radius 2 is 1.82 bits per heavy atom. The van der Waals surface area contributed by atoms with Crippen molar-refractivity contribution in [1.82, 2.24) is 10.2 Å². The largest absolute Gasteiger partial charge is 0.492 e. The molecule has 3 aromatic carbocycles. The molecule has 0 spiro atoms. The number of nitrogens with one attached hydrogen (secondary N) is 1. The third-order valence-corrected chi connectivity index (χ3v) is 7.24. The summed E-state index contributed by atoms with van der Waals surface area (Å²) in [6.45, 7) is 3.16. The number of nitrogens with zero attached hydrogens (tertiary/aromatic N) is 2. The number of ether oxygens (including phenoxy) is 1.